The highest BCUT2D eigenvalue weighted by molar-refractivity contribution is 9.10. The topological polar surface area (TPSA) is 53.1 Å². The minimum absolute atomic E-state index is 0.0927. The van der Waals surface area contributed by atoms with Crippen LogP contribution in [0.2, 0.25) is 0 Å². The average molecular weight is 721 g/mol. The first-order valence-corrected chi connectivity index (χ1v) is 18.2. The van der Waals surface area contributed by atoms with E-state index in [-0.39, 0.29) is 11.9 Å². The van der Waals surface area contributed by atoms with E-state index in [0.29, 0.717) is 24.6 Å². The number of hydrogen-bond acceptors (Lipinski definition) is 8. The van der Waals surface area contributed by atoms with Crippen LogP contribution in [0.5, 0.6) is 0 Å². The maximum absolute atomic E-state index is 13.2. The molecule has 3 heterocycles. The number of aryl methyl sites for hydroxylation is 1. The number of piperazine rings is 1. The van der Waals surface area contributed by atoms with Gasteiger partial charge in [-0.05, 0) is 106 Å². The van der Waals surface area contributed by atoms with Gasteiger partial charge >= 0.3 is 5.97 Å². The number of amides is 1. The Bertz CT molecular complexity index is 1800. The summed E-state index contributed by atoms with van der Waals surface area (Å²) in [4.78, 5) is 32.6. The number of fused-ring (bicyclic) bond motifs is 1. The van der Waals surface area contributed by atoms with E-state index in [0.717, 1.165) is 61.6 Å². The average Bonchev–Trinajstić information content (AvgIpc) is 3.65. The van der Waals surface area contributed by atoms with Crippen molar-refractivity contribution in [1.29, 1.82) is 0 Å². The number of anilines is 2. The lowest BCUT2D eigenvalue weighted by Crippen LogP contribution is -2.49. The Morgan fingerprint density at radius 1 is 0.956 bits per heavy atom. The lowest BCUT2D eigenvalue weighted by atomic mass is 10.1. The van der Waals surface area contributed by atoms with Gasteiger partial charge in [-0.1, -0.05) is 42.5 Å². The van der Waals surface area contributed by atoms with Crippen LogP contribution >= 0.6 is 50.6 Å². The molecule has 10 heteroatoms. The predicted octanol–water partition coefficient (Wildman–Crippen LogP) is 8.93. The van der Waals surface area contributed by atoms with Gasteiger partial charge in [0.15, 0.2) is 0 Å². The highest BCUT2D eigenvalue weighted by Gasteiger charge is 2.27. The molecule has 1 aliphatic rings. The number of ether oxygens (including phenoxy) is 1. The van der Waals surface area contributed by atoms with Crippen LogP contribution in [0.15, 0.2) is 93.6 Å². The van der Waals surface area contributed by atoms with Gasteiger partial charge < -0.3 is 18.8 Å². The largest absolute Gasteiger partial charge is 0.462 e. The molecule has 1 saturated heterocycles. The highest BCUT2D eigenvalue weighted by Crippen LogP contribution is 2.40. The first-order chi connectivity index (χ1) is 21.9. The number of thiophene rings is 2. The second-order valence-corrected chi connectivity index (χ2v) is 14.6. The van der Waals surface area contributed by atoms with Gasteiger partial charge in [0.25, 0.3) is 5.91 Å². The standard InChI is InChI=1S/C35H34BrN3O3S3/c1-3-42-35(41)32-24(2)27-23-26(13-14-31(27)44-32)45-39(17-15-25-9-5-4-6-10-25)30-12-8-7-11-29(30)37-18-20-38(21-19-37)34(40)33-28(36)16-22-43-33/h4-14,16,22-23H,3,15,17-21H2,1-2H3. The zero-order valence-electron chi connectivity index (χ0n) is 25.2. The number of esters is 1. The van der Waals surface area contributed by atoms with Gasteiger partial charge in [-0.3, -0.25) is 4.79 Å². The molecule has 0 spiro atoms. The molecule has 5 aromatic rings. The molecular formula is C35H34BrN3O3S3. The molecule has 0 atom stereocenters. The molecule has 6 nitrogen and oxygen atoms in total. The number of rotatable bonds is 10. The number of halogens is 1. The van der Waals surface area contributed by atoms with Crippen molar-refractivity contribution in [2.45, 2.75) is 25.2 Å². The second-order valence-electron chi connectivity index (χ2n) is 10.7. The van der Waals surface area contributed by atoms with Crippen molar-refractivity contribution in [3.63, 3.8) is 0 Å². The molecule has 1 aliphatic heterocycles. The summed E-state index contributed by atoms with van der Waals surface area (Å²) in [6.07, 6.45) is 0.896. The fourth-order valence-electron chi connectivity index (χ4n) is 5.55. The Morgan fingerprint density at radius 3 is 2.44 bits per heavy atom. The van der Waals surface area contributed by atoms with Crippen LogP contribution in [-0.4, -0.2) is 56.1 Å². The van der Waals surface area contributed by atoms with E-state index in [1.54, 1.807) is 11.9 Å². The normalized spacial score (nSPS) is 13.3. The number of benzene rings is 3. The van der Waals surface area contributed by atoms with Gasteiger partial charge in [-0.25, -0.2) is 4.79 Å². The summed E-state index contributed by atoms with van der Waals surface area (Å²) in [6.45, 7) is 7.88. The van der Waals surface area contributed by atoms with Gasteiger partial charge in [0, 0.05) is 46.8 Å². The Balaban J connectivity index is 1.26. The molecule has 0 N–H and O–H groups in total. The van der Waals surface area contributed by atoms with Gasteiger partial charge in [0.2, 0.25) is 0 Å². The molecule has 0 unspecified atom stereocenters. The molecule has 0 bridgehead atoms. The number of hydrogen-bond donors (Lipinski definition) is 0. The van der Waals surface area contributed by atoms with Gasteiger partial charge in [-0.15, -0.1) is 22.7 Å². The lowest BCUT2D eigenvalue weighted by molar-refractivity contribution is 0.0531. The van der Waals surface area contributed by atoms with Crippen molar-refractivity contribution < 1.29 is 14.3 Å². The Labute approximate surface area is 284 Å². The molecule has 6 rings (SSSR count). The summed E-state index contributed by atoms with van der Waals surface area (Å²) in [6, 6.07) is 27.5. The molecule has 232 valence electrons. The molecule has 0 saturated carbocycles. The maximum atomic E-state index is 13.2. The Morgan fingerprint density at radius 2 is 1.71 bits per heavy atom. The quantitative estimate of drug-likeness (QED) is 0.106. The summed E-state index contributed by atoms with van der Waals surface area (Å²) in [5.74, 6) is -0.163. The number of para-hydroxylation sites is 2. The minimum atomic E-state index is -0.256. The zero-order valence-corrected chi connectivity index (χ0v) is 29.2. The molecule has 1 amide bonds. The fraction of sp³-hybridized carbons (Fsp3) is 0.257. The molecule has 45 heavy (non-hydrogen) atoms. The van der Waals surface area contributed by atoms with Crippen LogP contribution in [0.1, 0.15) is 37.4 Å². The zero-order chi connectivity index (χ0) is 31.3. The smallest absolute Gasteiger partial charge is 0.348 e. The first-order valence-electron chi connectivity index (χ1n) is 15.0. The van der Waals surface area contributed by atoms with Crippen LogP contribution in [0, 0.1) is 6.92 Å². The van der Waals surface area contributed by atoms with Crippen molar-refractivity contribution in [2.24, 2.45) is 0 Å². The summed E-state index contributed by atoms with van der Waals surface area (Å²) in [5, 5.41) is 3.03. The van der Waals surface area contributed by atoms with Crippen molar-refractivity contribution in [1.82, 2.24) is 4.90 Å². The van der Waals surface area contributed by atoms with E-state index in [1.165, 1.54) is 33.9 Å². The Kier molecular flexibility index (Phi) is 10.1. The van der Waals surface area contributed by atoms with E-state index in [4.69, 9.17) is 4.74 Å². The van der Waals surface area contributed by atoms with Crippen molar-refractivity contribution >= 4 is 83.9 Å². The summed E-state index contributed by atoms with van der Waals surface area (Å²) >= 11 is 8.22. The monoisotopic (exact) mass is 719 g/mol. The lowest BCUT2D eigenvalue weighted by Gasteiger charge is -2.38. The van der Waals surface area contributed by atoms with E-state index >= 15 is 0 Å². The van der Waals surface area contributed by atoms with Gasteiger partial charge in [-0.2, -0.15) is 0 Å². The third-order valence-electron chi connectivity index (χ3n) is 7.90. The third kappa shape index (κ3) is 7.09. The van der Waals surface area contributed by atoms with Crippen LogP contribution in [0.25, 0.3) is 10.1 Å². The van der Waals surface area contributed by atoms with Crippen molar-refractivity contribution in [2.75, 3.05) is 48.5 Å². The summed E-state index contributed by atoms with van der Waals surface area (Å²) in [5.41, 5.74) is 4.57. The van der Waals surface area contributed by atoms with Crippen LogP contribution in [-0.2, 0) is 11.2 Å². The van der Waals surface area contributed by atoms with E-state index in [2.05, 4.69) is 97.9 Å². The molecule has 2 aromatic heterocycles. The predicted molar refractivity (Wildman–Crippen MR) is 192 cm³/mol. The van der Waals surface area contributed by atoms with Crippen molar-refractivity contribution in [3.8, 4) is 0 Å². The molecule has 0 aliphatic carbocycles. The van der Waals surface area contributed by atoms with Gasteiger partial charge in [0.1, 0.15) is 9.75 Å². The number of carbonyl (C=O) groups excluding carboxylic acids is 2. The highest BCUT2D eigenvalue weighted by atomic mass is 79.9. The van der Waals surface area contributed by atoms with E-state index in [9.17, 15) is 9.59 Å². The van der Waals surface area contributed by atoms with Crippen LogP contribution in [0.4, 0.5) is 11.4 Å². The maximum Gasteiger partial charge on any atom is 0.348 e. The van der Waals surface area contributed by atoms with E-state index < -0.39 is 0 Å². The summed E-state index contributed by atoms with van der Waals surface area (Å²) < 4.78 is 9.64. The second kappa shape index (κ2) is 14.4. The minimum Gasteiger partial charge on any atom is -0.462 e. The molecular weight excluding hydrogens is 687 g/mol. The first kappa shape index (κ1) is 31.7. The SMILES string of the molecule is CCOC(=O)c1sc2ccc(SN(CCc3ccccc3)c3ccccc3N3CCN(C(=O)c4sccc4Br)CC3)cc2c1C. The van der Waals surface area contributed by atoms with Crippen LogP contribution in [0.3, 0.4) is 0 Å². The number of nitrogens with zero attached hydrogens (tertiary/aromatic N) is 3. The molecule has 3 aromatic carbocycles. The summed E-state index contributed by atoms with van der Waals surface area (Å²) in [7, 11) is 0. The van der Waals surface area contributed by atoms with Crippen molar-refractivity contribution in [3.05, 3.63) is 110 Å². The number of carbonyl (C=O) groups is 2. The van der Waals surface area contributed by atoms with Gasteiger partial charge in [0.05, 0.1) is 18.0 Å². The van der Waals surface area contributed by atoms with E-state index in [1.807, 2.05) is 30.2 Å². The molecule has 0 radical (unpaired) electrons. The Hall–Kier alpha value is -3.31. The third-order valence-corrected chi connectivity index (χ3v) is 12.0. The fourth-order valence-corrected chi connectivity index (χ4v) is 9.13. The molecule has 1 fully saturated rings. The van der Waals surface area contributed by atoms with Crippen LogP contribution < -0.4 is 9.21 Å².